The van der Waals surface area contributed by atoms with E-state index in [0.717, 1.165) is 86.4 Å². The third kappa shape index (κ3) is 5.68. The molecule has 36 heavy (non-hydrogen) atoms. The standard InChI is InChI=1S/C31H41N2O3/c34-31(26-14-5-1-6-15-26,27-16-7-2-8-17-27)30-32-24-29(36-30)25-33(20-11-4-12-21-33)22-13-23-35-28-18-9-3-10-19-28/h1,3,5-6,9-10,14-15,18-19,24,27,34H,2,4,7-8,11-13,16-17,20-23,25H2/q+1. The average molecular weight is 490 g/mol. The molecule has 1 saturated carbocycles. The molecular formula is C31H41N2O3+. The minimum atomic E-state index is -1.17. The summed E-state index contributed by atoms with van der Waals surface area (Å²) in [4.78, 5) is 4.72. The molecule has 5 rings (SSSR count). The molecule has 0 bridgehead atoms. The number of benzene rings is 2. The number of piperidine rings is 1. The topological polar surface area (TPSA) is 55.5 Å². The largest absolute Gasteiger partial charge is 0.493 e. The molecule has 1 aliphatic carbocycles. The molecule has 1 N–H and O–H groups in total. The second-order valence-corrected chi connectivity index (χ2v) is 10.8. The van der Waals surface area contributed by atoms with Crippen molar-refractivity contribution in [3.63, 3.8) is 0 Å². The number of ether oxygens (including phenoxy) is 1. The van der Waals surface area contributed by atoms with Crippen molar-refractivity contribution in [1.29, 1.82) is 0 Å². The number of oxazole rings is 1. The van der Waals surface area contributed by atoms with Crippen molar-refractivity contribution >= 4 is 0 Å². The number of nitrogens with zero attached hydrogens (tertiary/aromatic N) is 2. The lowest BCUT2D eigenvalue weighted by Crippen LogP contribution is -2.51. The first-order valence-electron chi connectivity index (χ1n) is 13.9. The number of likely N-dealkylation sites (tertiary alicyclic amines) is 1. The zero-order valence-corrected chi connectivity index (χ0v) is 21.5. The molecule has 0 spiro atoms. The predicted octanol–water partition coefficient (Wildman–Crippen LogP) is 6.46. The molecule has 5 heteroatoms. The van der Waals surface area contributed by atoms with E-state index in [2.05, 4.69) is 0 Å². The summed E-state index contributed by atoms with van der Waals surface area (Å²) in [5.41, 5.74) is -0.277. The van der Waals surface area contributed by atoms with Crippen LogP contribution < -0.4 is 4.74 Å². The Kier molecular flexibility index (Phi) is 8.08. The van der Waals surface area contributed by atoms with Crippen LogP contribution in [0.2, 0.25) is 0 Å². The van der Waals surface area contributed by atoms with E-state index in [4.69, 9.17) is 14.1 Å². The average Bonchev–Trinajstić information content (AvgIpc) is 3.41. The molecule has 0 radical (unpaired) electrons. The summed E-state index contributed by atoms with van der Waals surface area (Å²) in [7, 11) is 0. The van der Waals surface area contributed by atoms with Gasteiger partial charge in [-0.05, 0) is 49.8 Å². The van der Waals surface area contributed by atoms with Crippen LogP contribution >= 0.6 is 0 Å². The summed E-state index contributed by atoms with van der Waals surface area (Å²) in [6.45, 7) is 4.93. The molecule has 1 aliphatic heterocycles. The molecule has 5 nitrogen and oxygen atoms in total. The van der Waals surface area contributed by atoms with Gasteiger partial charge in [0.05, 0.1) is 32.4 Å². The van der Waals surface area contributed by atoms with Crippen LogP contribution in [-0.2, 0) is 12.1 Å². The Morgan fingerprint density at radius 3 is 2.28 bits per heavy atom. The lowest BCUT2D eigenvalue weighted by Gasteiger charge is -2.41. The summed E-state index contributed by atoms with van der Waals surface area (Å²) in [6, 6.07) is 20.1. The fourth-order valence-electron chi connectivity index (χ4n) is 6.38. The van der Waals surface area contributed by atoms with Crippen molar-refractivity contribution in [2.24, 2.45) is 5.92 Å². The number of rotatable bonds is 10. The van der Waals surface area contributed by atoms with Gasteiger partial charge in [0, 0.05) is 12.3 Å². The quantitative estimate of drug-likeness (QED) is 0.262. The highest BCUT2D eigenvalue weighted by atomic mass is 16.5. The Morgan fingerprint density at radius 1 is 0.889 bits per heavy atom. The number of quaternary nitrogens is 1. The molecule has 2 fully saturated rings. The van der Waals surface area contributed by atoms with Gasteiger partial charge >= 0.3 is 0 Å². The van der Waals surface area contributed by atoms with E-state index in [1.165, 1.54) is 25.7 Å². The summed E-state index contributed by atoms with van der Waals surface area (Å²) in [5.74, 6) is 2.43. The summed E-state index contributed by atoms with van der Waals surface area (Å²) >= 11 is 0. The molecule has 0 amide bonds. The lowest BCUT2D eigenvalue weighted by atomic mass is 9.73. The van der Waals surface area contributed by atoms with Crippen LogP contribution in [0.25, 0.3) is 0 Å². The summed E-state index contributed by atoms with van der Waals surface area (Å²) in [6.07, 6.45) is 12.2. The Balaban J connectivity index is 1.31. The minimum Gasteiger partial charge on any atom is -0.493 e. The maximum atomic E-state index is 12.2. The van der Waals surface area contributed by atoms with E-state index in [-0.39, 0.29) is 5.92 Å². The number of aromatic nitrogens is 1. The Bertz CT molecular complexity index is 1060. The monoisotopic (exact) mass is 489 g/mol. The smallest absolute Gasteiger partial charge is 0.231 e. The Morgan fingerprint density at radius 2 is 1.56 bits per heavy atom. The van der Waals surface area contributed by atoms with Crippen LogP contribution in [0.15, 0.2) is 71.3 Å². The van der Waals surface area contributed by atoms with Gasteiger partial charge in [-0.25, -0.2) is 4.98 Å². The summed E-state index contributed by atoms with van der Waals surface area (Å²) < 4.78 is 13.4. The van der Waals surface area contributed by atoms with E-state index in [1.54, 1.807) is 0 Å². The van der Waals surface area contributed by atoms with Gasteiger partial charge in [-0.1, -0.05) is 67.8 Å². The second kappa shape index (κ2) is 11.6. The first kappa shape index (κ1) is 25.0. The van der Waals surface area contributed by atoms with Crippen LogP contribution in [0.5, 0.6) is 5.75 Å². The van der Waals surface area contributed by atoms with E-state index < -0.39 is 5.60 Å². The van der Waals surface area contributed by atoms with E-state index in [9.17, 15) is 5.11 Å². The second-order valence-electron chi connectivity index (χ2n) is 10.8. The third-order valence-corrected chi connectivity index (χ3v) is 8.33. The van der Waals surface area contributed by atoms with Crippen molar-refractivity contribution in [1.82, 2.24) is 4.98 Å². The molecule has 2 aromatic carbocycles. The van der Waals surface area contributed by atoms with Crippen molar-refractivity contribution < 1.29 is 18.7 Å². The molecule has 2 aliphatic rings. The highest BCUT2D eigenvalue weighted by molar-refractivity contribution is 5.30. The number of para-hydroxylation sites is 1. The van der Waals surface area contributed by atoms with Gasteiger partial charge in [0.25, 0.3) is 0 Å². The fourth-order valence-corrected chi connectivity index (χ4v) is 6.38. The molecule has 1 aromatic heterocycles. The fraction of sp³-hybridized carbons (Fsp3) is 0.516. The van der Waals surface area contributed by atoms with Gasteiger partial charge in [-0.2, -0.15) is 0 Å². The van der Waals surface area contributed by atoms with Gasteiger partial charge in [-0.15, -0.1) is 0 Å². The molecule has 3 aromatic rings. The molecule has 1 unspecified atom stereocenters. The van der Waals surface area contributed by atoms with Crippen molar-refractivity contribution in [2.45, 2.75) is 69.9 Å². The maximum Gasteiger partial charge on any atom is 0.231 e. The SMILES string of the molecule is OC(c1ccccc1)(c1ncc(C[N+]2(CCCOc3ccccc3)CCCCC2)o1)C1CCCCC1. The molecule has 192 valence electrons. The lowest BCUT2D eigenvalue weighted by molar-refractivity contribution is -0.946. The van der Waals surface area contributed by atoms with Gasteiger partial charge in [-0.3, -0.25) is 0 Å². The zero-order valence-electron chi connectivity index (χ0n) is 21.5. The highest BCUT2D eigenvalue weighted by Crippen LogP contribution is 2.43. The Labute approximate surface area is 215 Å². The first-order chi connectivity index (χ1) is 17.7. The van der Waals surface area contributed by atoms with Crippen molar-refractivity contribution in [3.05, 3.63) is 84.1 Å². The Hall–Kier alpha value is -2.63. The van der Waals surface area contributed by atoms with E-state index in [1.807, 2.05) is 66.9 Å². The number of hydrogen-bond acceptors (Lipinski definition) is 4. The first-order valence-corrected chi connectivity index (χ1v) is 13.9. The summed E-state index contributed by atoms with van der Waals surface area (Å²) in [5, 5.41) is 12.2. The van der Waals surface area contributed by atoms with E-state index >= 15 is 0 Å². The molecule has 1 atom stereocenters. The number of hydrogen-bond donors (Lipinski definition) is 1. The van der Waals surface area contributed by atoms with Crippen molar-refractivity contribution in [2.75, 3.05) is 26.2 Å². The van der Waals surface area contributed by atoms with E-state index in [0.29, 0.717) is 5.89 Å². The van der Waals surface area contributed by atoms with Crippen molar-refractivity contribution in [3.8, 4) is 5.75 Å². The predicted molar refractivity (Wildman–Crippen MR) is 141 cm³/mol. The van der Waals surface area contributed by atoms with Crippen LogP contribution in [0.1, 0.15) is 75.0 Å². The molecular weight excluding hydrogens is 448 g/mol. The molecule has 2 heterocycles. The normalized spacial score (nSPS) is 20.0. The van der Waals surface area contributed by atoms with Gasteiger partial charge in [0.2, 0.25) is 5.89 Å². The number of aliphatic hydroxyl groups is 1. The van der Waals surface area contributed by atoms with Crippen LogP contribution in [-0.4, -0.2) is 40.8 Å². The van der Waals surface area contributed by atoms with Gasteiger partial charge < -0.3 is 18.7 Å². The zero-order chi connectivity index (χ0) is 24.7. The minimum absolute atomic E-state index is 0.133. The maximum absolute atomic E-state index is 12.2. The van der Waals surface area contributed by atoms with Crippen LogP contribution in [0, 0.1) is 5.92 Å². The molecule has 1 saturated heterocycles. The highest BCUT2D eigenvalue weighted by Gasteiger charge is 2.45. The van der Waals surface area contributed by atoms with Gasteiger partial charge in [0.15, 0.2) is 11.4 Å². The van der Waals surface area contributed by atoms with Crippen LogP contribution in [0.4, 0.5) is 0 Å². The van der Waals surface area contributed by atoms with Crippen LogP contribution in [0.3, 0.4) is 0 Å². The van der Waals surface area contributed by atoms with Gasteiger partial charge in [0.1, 0.15) is 12.3 Å². The third-order valence-electron chi connectivity index (χ3n) is 8.33.